The predicted molar refractivity (Wildman–Crippen MR) is 180 cm³/mol. The summed E-state index contributed by atoms with van der Waals surface area (Å²) in [5.74, 6) is 0.260. The molecule has 2 N–H and O–H groups in total. The molecule has 0 saturated carbocycles. The Morgan fingerprint density at radius 3 is 2.35 bits per heavy atom. The summed E-state index contributed by atoms with van der Waals surface area (Å²) in [6.45, 7) is 9.66. The van der Waals surface area contributed by atoms with Gasteiger partial charge in [-0.25, -0.2) is 9.79 Å². The Hall–Kier alpha value is -4.92. The van der Waals surface area contributed by atoms with Crippen LogP contribution in [-0.2, 0) is 16.1 Å². The molecule has 9 heteroatoms. The fraction of sp³-hybridized carbons (Fsp3) is 0.351. The van der Waals surface area contributed by atoms with E-state index in [0.717, 1.165) is 49.0 Å². The highest BCUT2D eigenvalue weighted by atomic mass is 16.6. The molecule has 3 aromatic carbocycles. The first-order valence-electron chi connectivity index (χ1n) is 15.9. The van der Waals surface area contributed by atoms with Crippen LogP contribution in [0.25, 0.3) is 17.2 Å². The van der Waals surface area contributed by atoms with Gasteiger partial charge in [-0.05, 0) is 81.5 Å². The molecule has 0 bridgehead atoms. The van der Waals surface area contributed by atoms with Crippen molar-refractivity contribution < 1.29 is 24.2 Å². The zero-order valence-electron chi connectivity index (χ0n) is 27.0. The van der Waals surface area contributed by atoms with E-state index in [0.29, 0.717) is 28.9 Å². The van der Waals surface area contributed by atoms with Crippen LogP contribution in [0.2, 0.25) is 0 Å². The monoisotopic (exact) mass is 622 g/mol. The zero-order chi connectivity index (χ0) is 32.8. The number of ether oxygens (including phenoxy) is 1. The Morgan fingerprint density at radius 1 is 0.978 bits per heavy atom. The van der Waals surface area contributed by atoms with E-state index >= 15 is 0 Å². The Labute approximate surface area is 270 Å². The molecule has 0 atom stereocenters. The van der Waals surface area contributed by atoms with E-state index < -0.39 is 11.7 Å². The van der Waals surface area contributed by atoms with E-state index in [4.69, 9.17) is 9.73 Å². The summed E-state index contributed by atoms with van der Waals surface area (Å²) >= 11 is 0. The second kappa shape index (κ2) is 14.0. The topological polar surface area (TPSA) is 112 Å². The lowest BCUT2D eigenvalue weighted by atomic mass is 9.99. The second-order valence-electron chi connectivity index (χ2n) is 12.7. The normalized spacial score (nSPS) is 14.5. The van der Waals surface area contributed by atoms with E-state index in [1.807, 2.05) is 66.4 Å². The smallest absolute Gasteiger partial charge is 0.413 e. The van der Waals surface area contributed by atoms with Gasteiger partial charge in [0.2, 0.25) is 0 Å². The Balaban J connectivity index is 1.47. The lowest BCUT2D eigenvalue weighted by Crippen LogP contribution is -2.38. The number of hydrogen-bond donors (Lipinski definition) is 2. The number of benzene rings is 3. The van der Waals surface area contributed by atoms with Crippen molar-refractivity contribution in [3.05, 3.63) is 89.0 Å². The number of nitrogens with zero attached hydrogens (tertiary/aromatic N) is 3. The van der Waals surface area contributed by atoms with Crippen molar-refractivity contribution in [3.63, 3.8) is 0 Å². The highest BCUT2D eigenvalue weighted by molar-refractivity contribution is 6.08. The van der Waals surface area contributed by atoms with Crippen LogP contribution in [0.5, 0.6) is 5.75 Å². The number of aromatic hydroxyl groups is 1. The molecular formula is C37H42N4O5. The molecule has 2 heterocycles. The van der Waals surface area contributed by atoms with Gasteiger partial charge in [-0.1, -0.05) is 49.4 Å². The third kappa shape index (κ3) is 8.02. The highest BCUT2D eigenvalue weighted by Gasteiger charge is 2.26. The number of aliphatic imine (C=N–C) groups is 1. The van der Waals surface area contributed by atoms with E-state index in [9.17, 15) is 19.5 Å². The average molecular weight is 623 g/mol. The van der Waals surface area contributed by atoms with Gasteiger partial charge in [-0.2, -0.15) is 0 Å². The predicted octanol–water partition coefficient (Wildman–Crippen LogP) is 7.08. The Kier molecular flexibility index (Phi) is 9.90. The number of nitrogens with one attached hydrogen (secondary N) is 1. The summed E-state index contributed by atoms with van der Waals surface area (Å²) < 4.78 is 5.50. The van der Waals surface area contributed by atoms with E-state index in [1.54, 1.807) is 43.9 Å². The van der Waals surface area contributed by atoms with Crippen LogP contribution in [0.15, 0.2) is 77.3 Å². The lowest BCUT2D eigenvalue weighted by Gasteiger charge is -2.24. The number of para-hydroxylation sites is 1. The molecule has 1 fully saturated rings. The van der Waals surface area contributed by atoms with Crippen molar-refractivity contribution >= 4 is 35.5 Å². The number of amidine groups is 1. The van der Waals surface area contributed by atoms with Gasteiger partial charge in [0.15, 0.2) is 0 Å². The van der Waals surface area contributed by atoms with Crippen molar-refractivity contribution in [2.75, 3.05) is 19.6 Å². The molecule has 0 aliphatic carbocycles. The van der Waals surface area contributed by atoms with Crippen LogP contribution >= 0.6 is 0 Å². The third-order valence-electron chi connectivity index (χ3n) is 7.89. The standard InChI is InChI=1S/C37H42N4O5/c1-5-18-41(24-29-10-6-7-11-32(29)42)35(44)30-21-28-17-16-27(22-31(28)38-33(23-30)39-36(45)46-37(2,3)4)25-12-14-26(15-13-25)34(43)40-19-8-9-20-40/h6-7,10-17,21-22,42H,5,8-9,18-20,23-24H2,1-4H3,(H,38,39,45). The fourth-order valence-corrected chi connectivity index (χ4v) is 5.66. The van der Waals surface area contributed by atoms with E-state index in [-0.39, 0.29) is 36.4 Å². The third-order valence-corrected chi connectivity index (χ3v) is 7.89. The number of rotatable bonds is 7. The van der Waals surface area contributed by atoms with Gasteiger partial charge in [-0.15, -0.1) is 0 Å². The maximum atomic E-state index is 14.0. The van der Waals surface area contributed by atoms with E-state index in [2.05, 4.69) is 5.32 Å². The van der Waals surface area contributed by atoms with Gasteiger partial charge in [0, 0.05) is 54.9 Å². The number of amides is 3. The van der Waals surface area contributed by atoms with Crippen molar-refractivity contribution in [3.8, 4) is 16.9 Å². The number of alkyl carbamates (subject to hydrolysis) is 1. The molecule has 1 saturated heterocycles. The number of phenols is 1. The molecule has 46 heavy (non-hydrogen) atoms. The largest absolute Gasteiger partial charge is 0.508 e. The SMILES string of the molecule is CCCN(Cc1ccccc1O)C(=O)C1=Cc2ccc(-c3ccc(C(=O)N4CCCC4)cc3)cc2N=C(NC(=O)OC(C)(C)C)C1. The molecule has 240 valence electrons. The number of hydrogen-bond acceptors (Lipinski definition) is 6. The summed E-state index contributed by atoms with van der Waals surface area (Å²) in [6.07, 6.45) is 4.05. The molecular weight excluding hydrogens is 580 g/mol. The molecule has 3 amide bonds. The molecule has 2 aliphatic rings. The first-order chi connectivity index (χ1) is 22.0. The number of carbonyl (C=O) groups is 3. The number of fused-ring (bicyclic) bond motifs is 1. The van der Waals surface area contributed by atoms with Crippen LogP contribution in [0.1, 0.15) is 74.9 Å². The number of phenolic OH excluding ortho intramolecular Hbond substituents is 1. The van der Waals surface area contributed by atoms with Gasteiger partial charge in [-0.3, -0.25) is 14.9 Å². The van der Waals surface area contributed by atoms with Crippen molar-refractivity contribution in [2.45, 2.75) is 65.5 Å². The fourth-order valence-electron chi connectivity index (χ4n) is 5.66. The molecule has 0 spiro atoms. The minimum absolute atomic E-state index is 0.0513. The maximum Gasteiger partial charge on any atom is 0.413 e. The van der Waals surface area contributed by atoms with Crippen LogP contribution in [-0.4, -0.2) is 63.9 Å². The molecule has 0 aromatic heterocycles. The molecule has 0 radical (unpaired) electrons. The number of carbonyl (C=O) groups excluding carboxylic acids is 3. The second-order valence-corrected chi connectivity index (χ2v) is 12.7. The zero-order valence-corrected chi connectivity index (χ0v) is 27.0. The van der Waals surface area contributed by atoms with Gasteiger partial charge in [0.1, 0.15) is 17.2 Å². The van der Waals surface area contributed by atoms with Gasteiger partial charge < -0.3 is 19.6 Å². The summed E-state index contributed by atoms with van der Waals surface area (Å²) in [5.41, 5.74) is 4.17. The van der Waals surface area contributed by atoms with Crippen LogP contribution in [0.4, 0.5) is 10.5 Å². The van der Waals surface area contributed by atoms with Gasteiger partial charge >= 0.3 is 6.09 Å². The minimum Gasteiger partial charge on any atom is -0.508 e. The van der Waals surface area contributed by atoms with Crippen LogP contribution in [0.3, 0.4) is 0 Å². The number of likely N-dealkylation sites (tertiary alicyclic amines) is 1. The van der Waals surface area contributed by atoms with Gasteiger partial charge in [0.25, 0.3) is 11.8 Å². The lowest BCUT2D eigenvalue weighted by molar-refractivity contribution is -0.127. The van der Waals surface area contributed by atoms with E-state index in [1.165, 1.54) is 0 Å². The Morgan fingerprint density at radius 2 is 1.67 bits per heavy atom. The first kappa shape index (κ1) is 32.5. The Bertz CT molecular complexity index is 1660. The van der Waals surface area contributed by atoms with Gasteiger partial charge in [0.05, 0.1) is 5.69 Å². The van der Waals surface area contributed by atoms with Crippen LogP contribution < -0.4 is 5.32 Å². The molecule has 2 aliphatic heterocycles. The molecule has 9 nitrogen and oxygen atoms in total. The quantitative estimate of drug-likeness (QED) is 0.293. The molecule has 3 aromatic rings. The maximum absolute atomic E-state index is 14.0. The van der Waals surface area contributed by atoms with Crippen molar-refractivity contribution in [1.82, 2.24) is 15.1 Å². The van der Waals surface area contributed by atoms with Crippen LogP contribution in [0, 0.1) is 0 Å². The first-order valence-corrected chi connectivity index (χ1v) is 15.9. The summed E-state index contributed by atoms with van der Waals surface area (Å²) in [4.78, 5) is 48.1. The minimum atomic E-state index is -0.715. The summed E-state index contributed by atoms with van der Waals surface area (Å²) in [7, 11) is 0. The van der Waals surface area contributed by atoms with Crippen molar-refractivity contribution in [1.29, 1.82) is 0 Å². The molecule has 0 unspecified atom stereocenters. The molecule has 5 rings (SSSR count). The highest BCUT2D eigenvalue weighted by Crippen LogP contribution is 2.33. The summed E-state index contributed by atoms with van der Waals surface area (Å²) in [5, 5.41) is 13.2. The van der Waals surface area contributed by atoms with Crippen molar-refractivity contribution in [2.24, 2.45) is 4.99 Å². The average Bonchev–Trinajstić information content (AvgIpc) is 3.49. The summed E-state index contributed by atoms with van der Waals surface area (Å²) in [6, 6.07) is 20.3.